The molecular weight excluding hydrogens is 188 g/mol. The van der Waals surface area contributed by atoms with Crippen molar-refractivity contribution in [2.45, 2.75) is 42.9 Å². The molecular formula is C8H13N2S2. The van der Waals surface area contributed by atoms with Gasteiger partial charge in [-0.15, -0.1) is 0 Å². The van der Waals surface area contributed by atoms with Gasteiger partial charge in [0.1, 0.15) is 0 Å². The van der Waals surface area contributed by atoms with Crippen LogP contribution in [0.1, 0.15) is 32.1 Å². The zero-order valence-electron chi connectivity index (χ0n) is 6.98. The molecule has 0 aromatic heterocycles. The largest absolute Gasteiger partial charge is 0.269 e. The summed E-state index contributed by atoms with van der Waals surface area (Å²) in [5.41, 5.74) is 1.88. The quantitative estimate of drug-likeness (QED) is 0.648. The summed E-state index contributed by atoms with van der Waals surface area (Å²) >= 11 is 6.92. The molecule has 2 nitrogen and oxygen atoms in total. The highest BCUT2D eigenvalue weighted by Gasteiger charge is 2.27. The molecule has 2 aliphatic rings. The Morgan fingerprint density at radius 1 is 1.33 bits per heavy atom. The van der Waals surface area contributed by atoms with Gasteiger partial charge in [-0.25, -0.2) is 0 Å². The van der Waals surface area contributed by atoms with Crippen LogP contribution in [0.15, 0.2) is 5.10 Å². The standard InChI is InChI=1S/C8H13N2S2/c11-8-10(9-6-12-8)7-4-2-1-3-5-7/h6-8H,1-5H2. The van der Waals surface area contributed by atoms with Crippen molar-refractivity contribution in [2.75, 3.05) is 0 Å². The molecule has 0 N–H and O–H groups in total. The zero-order valence-corrected chi connectivity index (χ0v) is 8.61. The van der Waals surface area contributed by atoms with E-state index in [0.717, 1.165) is 0 Å². The Hall–Kier alpha value is 0.170. The molecule has 1 aliphatic carbocycles. The van der Waals surface area contributed by atoms with Gasteiger partial charge in [0.25, 0.3) is 0 Å². The molecule has 1 heterocycles. The van der Waals surface area contributed by atoms with Crippen LogP contribution in [0.2, 0.25) is 0 Å². The van der Waals surface area contributed by atoms with Crippen molar-refractivity contribution in [3.05, 3.63) is 0 Å². The predicted molar refractivity (Wildman–Crippen MR) is 56.2 cm³/mol. The number of hydrogen-bond acceptors (Lipinski definition) is 3. The normalized spacial score (nSPS) is 31.4. The number of thioether (sulfide) groups is 1. The minimum atomic E-state index is 0.160. The highest BCUT2D eigenvalue weighted by Crippen LogP contribution is 2.32. The summed E-state index contributed by atoms with van der Waals surface area (Å²) in [5, 5.41) is 6.42. The maximum absolute atomic E-state index is 5.27. The van der Waals surface area contributed by atoms with Gasteiger partial charge in [0.15, 0.2) is 4.71 Å². The van der Waals surface area contributed by atoms with E-state index < -0.39 is 0 Å². The van der Waals surface area contributed by atoms with Crippen molar-refractivity contribution in [1.82, 2.24) is 5.01 Å². The molecule has 0 aromatic carbocycles. The van der Waals surface area contributed by atoms with Crippen LogP contribution < -0.4 is 0 Å². The van der Waals surface area contributed by atoms with Crippen LogP contribution in [-0.4, -0.2) is 21.3 Å². The van der Waals surface area contributed by atoms with Gasteiger partial charge in [-0.1, -0.05) is 43.7 Å². The number of hydrazone groups is 1. The second kappa shape index (κ2) is 3.92. The van der Waals surface area contributed by atoms with Crippen molar-refractivity contribution in [1.29, 1.82) is 0 Å². The monoisotopic (exact) mass is 201 g/mol. The summed E-state index contributed by atoms with van der Waals surface area (Å²) in [6, 6.07) is 0.632. The summed E-state index contributed by atoms with van der Waals surface area (Å²) in [4.78, 5) is 0. The van der Waals surface area contributed by atoms with E-state index in [4.69, 9.17) is 12.6 Å². The van der Waals surface area contributed by atoms with Crippen LogP contribution in [0.5, 0.6) is 0 Å². The minimum Gasteiger partial charge on any atom is -0.269 e. The highest BCUT2D eigenvalue weighted by molar-refractivity contribution is 8.19. The molecule has 67 valence electrons. The maximum Gasteiger partial charge on any atom is 0.153 e. The van der Waals surface area contributed by atoms with Gasteiger partial charge in [-0.3, -0.25) is 5.01 Å². The Morgan fingerprint density at radius 3 is 2.67 bits per heavy atom. The van der Waals surface area contributed by atoms with Gasteiger partial charge >= 0.3 is 0 Å². The van der Waals surface area contributed by atoms with Crippen LogP contribution in [0.3, 0.4) is 0 Å². The third kappa shape index (κ3) is 1.74. The molecule has 1 radical (unpaired) electrons. The Kier molecular flexibility index (Phi) is 2.86. The van der Waals surface area contributed by atoms with E-state index in [1.807, 2.05) is 5.55 Å². The van der Waals surface area contributed by atoms with Crippen molar-refractivity contribution in [3.8, 4) is 0 Å². The molecule has 0 bridgehead atoms. The van der Waals surface area contributed by atoms with Gasteiger partial charge in [0, 0.05) is 6.04 Å². The molecule has 2 rings (SSSR count). The first-order valence-corrected chi connectivity index (χ1v) is 5.91. The first-order chi connectivity index (χ1) is 5.88. The van der Waals surface area contributed by atoms with Gasteiger partial charge in [0.05, 0.1) is 5.55 Å². The lowest BCUT2D eigenvalue weighted by Crippen LogP contribution is -2.34. The summed E-state index contributed by atoms with van der Waals surface area (Å²) in [6.07, 6.45) is 6.66. The molecule has 0 aromatic rings. The Bertz CT molecular complexity index is 178. The summed E-state index contributed by atoms with van der Waals surface area (Å²) in [5.74, 6) is 0. The van der Waals surface area contributed by atoms with Crippen molar-refractivity contribution in [2.24, 2.45) is 5.10 Å². The molecule has 0 amide bonds. The van der Waals surface area contributed by atoms with Crippen LogP contribution in [-0.2, 0) is 0 Å². The van der Waals surface area contributed by atoms with Gasteiger partial charge in [-0.2, -0.15) is 5.10 Å². The van der Waals surface area contributed by atoms with Crippen molar-refractivity contribution < 1.29 is 0 Å². The highest BCUT2D eigenvalue weighted by atomic mass is 32.2. The third-order valence-electron chi connectivity index (χ3n) is 2.52. The Balaban J connectivity index is 1.93. The number of nitrogens with zero attached hydrogens (tertiary/aromatic N) is 2. The van der Waals surface area contributed by atoms with E-state index in [-0.39, 0.29) is 4.71 Å². The van der Waals surface area contributed by atoms with Gasteiger partial charge < -0.3 is 0 Å². The van der Waals surface area contributed by atoms with E-state index in [1.54, 1.807) is 11.8 Å². The molecule has 1 atom stereocenters. The number of hydrogen-bond donors (Lipinski definition) is 0. The first kappa shape index (κ1) is 8.75. The van der Waals surface area contributed by atoms with E-state index >= 15 is 0 Å². The lowest BCUT2D eigenvalue weighted by atomic mass is 9.95. The SMILES string of the molecule is [S]C1SC=NN1C1CCCCC1. The average molecular weight is 201 g/mol. The first-order valence-electron chi connectivity index (χ1n) is 4.50. The molecule has 1 aliphatic heterocycles. The molecule has 1 saturated carbocycles. The van der Waals surface area contributed by atoms with Gasteiger partial charge in [0.2, 0.25) is 0 Å². The summed E-state index contributed by atoms with van der Waals surface area (Å²) in [7, 11) is 0. The van der Waals surface area contributed by atoms with Crippen LogP contribution in [0.4, 0.5) is 0 Å². The van der Waals surface area contributed by atoms with Gasteiger partial charge in [-0.05, 0) is 12.8 Å². The Labute approximate surface area is 83.2 Å². The van der Waals surface area contributed by atoms with E-state index in [2.05, 4.69) is 10.1 Å². The van der Waals surface area contributed by atoms with E-state index in [9.17, 15) is 0 Å². The average Bonchev–Trinajstić information content (AvgIpc) is 2.53. The van der Waals surface area contributed by atoms with Crippen LogP contribution >= 0.6 is 24.4 Å². The fourth-order valence-corrected chi connectivity index (χ4v) is 2.86. The Morgan fingerprint density at radius 2 is 2.08 bits per heavy atom. The smallest absolute Gasteiger partial charge is 0.153 e. The molecule has 1 fully saturated rings. The predicted octanol–water partition coefficient (Wildman–Crippen LogP) is 2.79. The van der Waals surface area contributed by atoms with Crippen molar-refractivity contribution >= 4 is 29.9 Å². The lowest BCUT2D eigenvalue weighted by molar-refractivity contribution is 0.185. The molecule has 12 heavy (non-hydrogen) atoms. The zero-order chi connectivity index (χ0) is 8.39. The topological polar surface area (TPSA) is 15.6 Å². The summed E-state index contributed by atoms with van der Waals surface area (Å²) < 4.78 is 0.160. The van der Waals surface area contributed by atoms with Crippen molar-refractivity contribution in [3.63, 3.8) is 0 Å². The third-order valence-corrected chi connectivity index (χ3v) is 3.74. The van der Waals surface area contributed by atoms with Crippen LogP contribution in [0.25, 0.3) is 0 Å². The minimum absolute atomic E-state index is 0.160. The summed E-state index contributed by atoms with van der Waals surface area (Å²) in [6.45, 7) is 0. The maximum atomic E-state index is 5.27. The lowest BCUT2D eigenvalue weighted by Gasteiger charge is -2.31. The molecule has 0 spiro atoms. The second-order valence-corrected chi connectivity index (χ2v) is 5.01. The van der Waals surface area contributed by atoms with E-state index in [0.29, 0.717) is 6.04 Å². The molecule has 0 saturated heterocycles. The van der Waals surface area contributed by atoms with Crippen LogP contribution in [0, 0.1) is 0 Å². The number of rotatable bonds is 1. The fourth-order valence-electron chi connectivity index (χ4n) is 1.86. The second-order valence-electron chi connectivity index (χ2n) is 3.34. The molecule has 4 heteroatoms. The van der Waals surface area contributed by atoms with E-state index in [1.165, 1.54) is 32.1 Å². The molecule has 1 unspecified atom stereocenters. The fraction of sp³-hybridized carbons (Fsp3) is 0.875.